The number of rotatable bonds is 8. The van der Waals surface area contributed by atoms with E-state index in [4.69, 9.17) is 14.7 Å². The highest BCUT2D eigenvalue weighted by atomic mass is 16.5. The van der Waals surface area contributed by atoms with Crippen molar-refractivity contribution in [3.8, 4) is 11.3 Å². The Kier molecular flexibility index (Phi) is 6.81. The van der Waals surface area contributed by atoms with Gasteiger partial charge >= 0.3 is 0 Å². The zero-order valence-corrected chi connectivity index (χ0v) is 19.7. The van der Waals surface area contributed by atoms with Crippen LogP contribution < -0.4 is 5.32 Å². The maximum Gasteiger partial charge on any atom is 0.135 e. The number of methoxy groups -OCH3 is 1. The molecule has 3 heterocycles. The zero-order valence-electron chi connectivity index (χ0n) is 19.7. The molecule has 5 heteroatoms. The maximum atomic E-state index is 5.39. The van der Waals surface area contributed by atoms with Gasteiger partial charge in [-0.2, -0.15) is 0 Å². The summed E-state index contributed by atoms with van der Waals surface area (Å²) in [5.41, 5.74) is 7.83. The van der Waals surface area contributed by atoms with Crippen molar-refractivity contribution in [1.29, 1.82) is 0 Å². The van der Waals surface area contributed by atoms with Gasteiger partial charge in [0.2, 0.25) is 0 Å². The number of anilines is 1. The summed E-state index contributed by atoms with van der Waals surface area (Å²) in [5.74, 6) is 1.30. The molecule has 3 aromatic rings. The molecule has 1 N–H and O–H groups in total. The molecular formula is C25H36N4O. The van der Waals surface area contributed by atoms with Crippen LogP contribution in [0.4, 0.5) is 5.82 Å². The molecule has 0 unspecified atom stereocenters. The summed E-state index contributed by atoms with van der Waals surface area (Å²) in [7, 11) is 1.75. The van der Waals surface area contributed by atoms with E-state index in [1.807, 2.05) is 0 Å². The lowest BCUT2D eigenvalue weighted by atomic mass is 10.0. The number of aromatic nitrogens is 3. The quantitative estimate of drug-likeness (QED) is 0.488. The molecule has 0 aliphatic heterocycles. The molecule has 1 atom stereocenters. The summed E-state index contributed by atoms with van der Waals surface area (Å²) >= 11 is 0. The van der Waals surface area contributed by atoms with Crippen LogP contribution in [-0.2, 0) is 11.2 Å². The number of hydrogen-bond donors (Lipinski definition) is 1. The molecule has 0 aliphatic rings. The van der Waals surface area contributed by atoms with E-state index in [1.165, 1.54) is 16.6 Å². The molecule has 0 radical (unpaired) electrons. The standard InChI is InChI=1S/C25H36N4O/c1-9-19-12-22-23(17(6)13-29(22)18(7)14-30-8)28-24(19)20-10-11-21(15(2)3)27-25(20)26-16(4)5/h10-13,15-16,18H,9,14H2,1-8H3,(H,26,27)/t18-/m0/s1. The van der Waals surface area contributed by atoms with Crippen molar-refractivity contribution in [2.75, 3.05) is 19.0 Å². The lowest BCUT2D eigenvalue weighted by Gasteiger charge is -2.19. The fraction of sp³-hybridized carbons (Fsp3) is 0.520. The van der Waals surface area contributed by atoms with Crippen LogP contribution >= 0.6 is 0 Å². The van der Waals surface area contributed by atoms with Crippen molar-refractivity contribution in [2.45, 2.75) is 72.9 Å². The van der Waals surface area contributed by atoms with Crippen molar-refractivity contribution in [2.24, 2.45) is 0 Å². The van der Waals surface area contributed by atoms with Gasteiger partial charge in [-0.25, -0.2) is 9.97 Å². The van der Waals surface area contributed by atoms with Crippen LogP contribution in [0, 0.1) is 6.92 Å². The van der Waals surface area contributed by atoms with Crippen LogP contribution in [0.3, 0.4) is 0 Å². The van der Waals surface area contributed by atoms with Gasteiger partial charge in [-0.05, 0) is 69.4 Å². The average molecular weight is 409 g/mol. The molecule has 0 fully saturated rings. The summed E-state index contributed by atoms with van der Waals surface area (Å²) < 4.78 is 7.68. The van der Waals surface area contributed by atoms with Crippen LogP contribution in [0.25, 0.3) is 22.3 Å². The number of nitrogens with zero attached hydrogens (tertiary/aromatic N) is 3. The van der Waals surface area contributed by atoms with E-state index in [1.54, 1.807) is 7.11 Å². The highest BCUT2D eigenvalue weighted by molar-refractivity contribution is 5.86. The van der Waals surface area contributed by atoms with Crippen molar-refractivity contribution < 1.29 is 4.74 Å². The van der Waals surface area contributed by atoms with Crippen LogP contribution in [-0.4, -0.2) is 34.3 Å². The Morgan fingerprint density at radius 2 is 1.83 bits per heavy atom. The summed E-state index contributed by atoms with van der Waals surface area (Å²) in [6.07, 6.45) is 3.10. The van der Waals surface area contributed by atoms with Gasteiger partial charge < -0.3 is 14.6 Å². The monoisotopic (exact) mass is 408 g/mol. The van der Waals surface area contributed by atoms with E-state index in [-0.39, 0.29) is 6.04 Å². The number of ether oxygens (including phenoxy) is 1. The van der Waals surface area contributed by atoms with E-state index >= 15 is 0 Å². The Bertz CT molecular complexity index is 1020. The predicted molar refractivity (Wildman–Crippen MR) is 127 cm³/mol. The molecule has 0 bridgehead atoms. The molecule has 0 aliphatic carbocycles. The first-order chi connectivity index (χ1) is 14.3. The minimum Gasteiger partial charge on any atom is -0.383 e. The lowest BCUT2D eigenvalue weighted by molar-refractivity contribution is 0.164. The molecule has 0 saturated carbocycles. The van der Waals surface area contributed by atoms with Crippen molar-refractivity contribution in [1.82, 2.24) is 14.5 Å². The van der Waals surface area contributed by atoms with Gasteiger partial charge in [0.15, 0.2) is 0 Å². The Morgan fingerprint density at radius 3 is 2.43 bits per heavy atom. The van der Waals surface area contributed by atoms with Crippen molar-refractivity contribution in [3.63, 3.8) is 0 Å². The number of fused-ring (bicyclic) bond motifs is 1. The predicted octanol–water partition coefficient (Wildman–Crippen LogP) is 6.12. The van der Waals surface area contributed by atoms with Gasteiger partial charge in [-0.15, -0.1) is 0 Å². The highest BCUT2D eigenvalue weighted by Gasteiger charge is 2.19. The normalized spacial score (nSPS) is 12.9. The molecule has 0 aromatic carbocycles. The van der Waals surface area contributed by atoms with Gasteiger partial charge in [0.1, 0.15) is 5.82 Å². The van der Waals surface area contributed by atoms with E-state index < -0.39 is 0 Å². The second-order valence-corrected chi connectivity index (χ2v) is 8.83. The molecule has 5 nitrogen and oxygen atoms in total. The zero-order chi connectivity index (χ0) is 22.0. The van der Waals surface area contributed by atoms with E-state index in [9.17, 15) is 0 Å². The molecule has 0 spiro atoms. The topological polar surface area (TPSA) is 52.0 Å². The van der Waals surface area contributed by atoms with E-state index in [0.717, 1.165) is 34.7 Å². The molecule has 0 amide bonds. The maximum absolute atomic E-state index is 5.39. The Balaban J connectivity index is 2.22. The summed E-state index contributed by atoms with van der Waals surface area (Å²) in [4.78, 5) is 10.1. The van der Waals surface area contributed by atoms with Crippen LogP contribution in [0.2, 0.25) is 0 Å². The smallest absolute Gasteiger partial charge is 0.135 e. The second kappa shape index (κ2) is 9.17. The van der Waals surface area contributed by atoms with Crippen LogP contribution in [0.5, 0.6) is 0 Å². The number of nitrogens with one attached hydrogen (secondary N) is 1. The molecule has 0 saturated heterocycles. The van der Waals surface area contributed by atoms with Gasteiger partial charge in [0, 0.05) is 30.6 Å². The van der Waals surface area contributed by atoms with Gasteiger partial charge in [-0.3, -0.25) is 0 Å². The summed E-state index contributed by atoms with van der Waals surface area (Å²) in [6, 6.07) is 7.17. The van der Waals surface area contributed by atoms with Crippen molar-refractivity contribution >= 4 is 16.9 Å². The second-order valence-electron chi connectivity index (χ2n) is 8.83. The van der Waals surface area contributed by atoms with E-state index in [0.29, 0.717) is 18.6 Å². The number of hydrogen-bond acceptors (Lipinski definition) is 4. The minimum atomic E-state index is 0.258. The number of aryl methyl sites for hydroxylation is 2. The first-order valence-corrected chi connectivity index (χ1v) is 11.0. The van der Waals surface area contributed by atoms with Crippen LogP contribution in [0.1, 0.15) is 70.3 Å². The van der Waals surface area contributed by atoms with E-state index in [2.05, 4.69) is 82.7 Å². The molecule has 162 valence electrons. The Labute approximate surface area is 180 Å². The minimum absolute atomic E-state index is 0.258. The molecule has 30 heavy (non-hydrogen) atoms. The highest BCUT2D eigenvalue weighted by Crippen LogP contribution is 2.34. The fourth-order valence-electron chi connectivity index (χ4n) is 3.93. The molecule has 3 rings (SSSR count). The first kappa shape index (κ1) is 22.3. The third kappa shape index (κ3) is 4.36. The largest absolute Gasteiger partial charge is 0.383 e. The lowest BCUT2D eigenvalue weighted by Crippen LogP contribution is -2.14. The van der Waals surface area contributed by atoms with Gasteiger partial charge in [-0.1, -0.05) is 20.8 Å². The summed E-state index contributed by atoms with van der Waals surface area (Å²) in [6.45, 7) is 15.8. The summed E-state index contributed by atoms with van der Waals surface area (Å²) in [5, 5.41) is 3.55. The number of pyridine rings is 2. The SMILES string of the molecule is CCc1cc2c(nc1-c1ccc(C(C)C)nc1NC(C)C)c(C)cn2[C@@H](C)COC. The third-order valence-corrected chi connectivity index (χ3v) is 5.52. The first-order valence-electron chi connectivity index (χ1n) is 11.0. The van der Waals surface area contributed by atoms with Gasteiger partial charge in [0.05, 0.1) is 29.4 Å². The fourth-order valence-corrected chi connectivity index (χ4v) is 3.93. The molecular weight excluding hydrogens is 372 g/mol. The van der Waals surface area contributed by atoms with Crippen LogP contribution in [0.15, 0.2) is 24.4 Å². The Hall–Kier alpha value is -2.40. The average Bonchev–Trinajstić information content (AvgIpc) is 3.02. The molecule has 3 aromatic heterocycles. The third-order valence-electron chi connectivity index (χ3n) is 5.52. The van der Waals surface area contributed by atoms with Gasteiger partial charge in [0.25, 0.3) is 0 Å². The Morgan fingerprint density at radius 1 is 1.10 bits per heavy atom. The van der Waals surface area contributed by atoms with Crippen molar-refractivity contribution in [3.05, 3.63) is 41.2 Å².